The Morgan fingerprint density at radius 3 is 2.17 bits per heavy atom. The summed E-state index contributed by atoms with van der Waals surface area (Å²) in [6.45, 7) is 7.90. The second-order valence-corrected chi connectivity index (χ2v) is 11.8. The van der Waals surface area contributed by atoms with Crippen molar-refractivity contribution in [2.45, 2.75) is 44.7 Å². The van der Waals surface area contributed by atoms with Gasteiger partial charge in [-0.1, -0.05) is 91.0 Å². The van der Waals surface area contributed by atoms with Crippen molar-refractivity contribution < 1.29 is 24.2 Å². The van der Waals surface area contributed by atoms with Crippen LogP contribution in [-0.2, 0) is 38.5 Å². The maximum absolute atomic E-state index is 13.8. The van der Waals surface area contributed by atoms with E-state index in [2.05, 4.69) is 23.5 Å². The molecule has 8 heteroatoms. The van der Waals surface area contributed by atoms with Crippen LogP contribution in [0.15, 0.2) is 116 Å². The third-order valence-corrected chi connectivity index (χ3v) is 8.21. The first-order chi connectivity index (χ1) is 22.9. The number of nitrogens with zero attached hydrogens (tertiary/aromatic N) is 1. The van der Waals surface area contributed by atoms with Crippen molar-refractivity contribution in [3.63, 3.8) is 0 Å². The van der Waals surface area contributed by atoms with Gasteiger partial charge in [-0.15, -0.1) is 13.2 Å². The number of para-hydroxylation sites is 1. The Hall–Kier alpha value is -4.95. The summed E-state index contributed by atoms with van der Waals surface area (Å²) in [4.78, 5) is 45.4. The first-order valence-corrected chi connectivity index (χ1v) is 16.1. The van der Waals surface area contributed by atoms with Gasteiger partial charge in [0.05, 0.1) is 24.5 Å². The number of aliphatic hydroxyl groups is 1. The number of amides is 2. The molecule has 47 heavy (non-hydrogen) atoms. The molecular weight excluding hydrogens is 590 g/mol. The molecule has 2 amide bonds. The topological polar surface area (TPSA) is 112 Å². The fourth-order valence-corrected chi connectivity index (χ4v) is 5.74. The van der Waals surface area contributed by atoms with E-state index < -0.39 is 17.9 Å². The maximum atomic E-state index is 13.8. The standard InChI is InChI=1S/C39H45N3O5/c1-3-13-31(25-37(44)42(21-22-43)27-30-17-9-6-10-18-30)38(45)41-34(24-33-26-40-36-20-12-11-19-35(33)36)28-47-39(46)32(14-4-2)23-29-15-7-5-8-16-29/h3-12,15-20,26,31-32,34,40,43H,1-2,13-14,21-25,27-28H2,(H,41,45)/t31-,32-,34-/m0/s1. The van der Waals surface area contributed by atoms with Crippen molar-refractivity contribution in [3.05, 3.63) is 133 Å². The van der Waals surface area contributed by atoms with Crippen LogP contribution >= 0.6 is 0 Å². The fraction of sp³-hybridized carbons (Fsp3) is 0.308. The van der Waals surface area contributed by atoms with E-state index in [0.29, 0.717) is 25.8 Å². The number of rotatable bonds is 19. The molecule has 4 rings (SSSR count). The highest BCUT2D eigenvalue weighted by molar-refractivity contribution is 5.86. The van der Waals surface area contributed by atoms with Crippen LogP contribution in [0.25, 0.3) is 10.9 Å². The third-order valence-electron chi connectivity index (χ3n) is 8.21. The van der Waals surface area contributed by atoms with Gasteiger partial charge in [-0.3, -0.25) is 14.4 Å². The van der Waals surface area contributed by atoms with Gasteiger partial charge in [-0.05, 0) is 48.4 Å². The lowest BCUT2D eigenvalue weighted by Crippen LogP contribution is -2.45. The summed E-state index contributed by atoms with van der Waals surface area (Å²) in [5.41, 5.74) is 3.90. The Labute approximate surface area is 277 Å². The minimum absolute atomic E-state index is 0.0358. The number of aromatic amines is 1. The van der Waals surface area contributed by atoms with E-state index in [1.165, 1.54) is 0 Å². The van der Waals surface area contributed by atoms with E-state index >= 15 is 0 Å². The number of aliphatic hydroxyl groups excluding tert-OH is 1. The molecular formula is C39H45N3O5. The van der Waals surface area contributed by atoms with Gasteiger partial charge in [0, 0.05) is 36.6 Å². The minimum atomic E-state index is -0.690. The summed E-state index contributed by atoms with van der Waals surface area (Å²) in [5.74, 6) is -2.02. The second-order valence-electron chi connectivity index (χ2n) is 11.8. The molecule has 3 aromatic carbocycles. The number of allylic oxidation sites excluding steroid dienone is 2. The molecule has 246 valence electrons. The number of H-pyrrole nitrogens is 1. The lowest BCUT2D eigenvalue weighted by molar-refractivity contribution is -0.149. The van der Waals surface area contributed by atoms with Crippen LogP contribution in [0.1, 0.15) is 36.0 Å². The molecule has 0 aliphatic rings. The molecule has 1 heterocycles. The molecule has 0 radical (unpaired) electrons. The number of aromatic nitrogens is 1. The van der Waals surface area contributed by atoms with E-state index in [1.54, 1.807) is 17.1 Å². The zero-order valence-corrected chi connectivity index (χ0v) is 26.9. The SMILES string of the molecule is C=CC[C@@H](CC(=O)N(CCO)Cc1ccccc1)C(=O)N[C@H](COC(=O)[C@@H](CC=C)Cc1ccccc1)Cc1c[nH]c2ccccc12. The summed E-state index contributed by atoms with van der Waals surface area (Å²) >= 11 is 0. The second kappa shape index (κ2) is 18.3. The van der Waals surface area contributed by atoms with Gasteiger partial charge in [0.25, 0.3) is 0 Å². The highest BCUT2D eigenvalue weighted by Gasteiger charge is 2.28. The summed E-state index contributed by atoms with van der Waals surface area (Å²) in [6.07, 6.45) is 6.87. The van der Waals surface area contributed by atoms with E-state index in [1.807, 2.05) is 91.1 Å². The third kappa shape index (κ3) is 10.5. The van der Waals surface area contributed by atoms with Crippen LogP contribution in [0.2, 0.25) is 0 Å². The monoisotopic (exact) mass is 635 g/mol. The van der Waals surface area contributed by atoms with Gasteiger partial charge < -0.3 is 25.0 Å². The normalized spacial score (nSPS) is 12.9. The Balaban J connectivity index is 1.49. The van der Waals surface area contributed by atoms with Crippen LogP contribution in [-0.4, -0.2) is 58.6 Å². The van der Waals surface area contributed by atoms with Crippen LogP contribution in [0.3, 0.4) is 0 Å². The Bertz CT molecular complexity index is 1600. The highest BCUT2D eigenvalue weighted by atomic mass is 16.5. The molecule has 1 aromatic heterocycles. The lowest BCUT2D eigenvalue weighted by atomic mass is 9.96. The zero-order valence-electron chi connectivity index (χ0n) is 26.9. The summed E-state index contributed by atoms with van der Waals surface area (Å²) < 4.78 is 5.88. The molecule has 3 N–H and O–H groups in total. The largest absolute Gasteiger partial charge is 0.463 e. The van der Waals surface area contributed by atoms with E-state index in [0.717, 1.165) is 27.6 Å². The van der Waals surface area contributed by atoms with Gasteiger partial charge in [-0.25, -0.2) is 0 Å². The molecule has 0 fully saturated rings. The van der Waals surface area contributed by atoms with Crippen LogP contribution in [0.4, 0.5) is 0 Å². The predicted octanol–water partition coefficient (Wildman–Crippen LogP) is 5.78. The number of nitrogens with one attached hydrogen (secondary N) is 2. The minimum Gasteiger partial charge on any atom is -0.463 e. The molecule has 0 saturated heterocycles. The molecule has 0 spiro atoms. The van der Waals surface area contributed by atoms with Crippen LogP contribution in [0.5, 0.6) is 0 Å². The number of fused-ring (bicyclic) bond motifs is 1. The molecule has 0 aliphatic carbocycles. The smallest absolute Gasteiger partial charge is 0.309 e. The average molecular weight is 636 g/mol. The van der Waals surface area contributed by atoms with Crippen molar-refractivity contribution in [1.29, 1.82) is 0 Å². The van der Waals surface area contributed by atoms with E-state index in [9.17, 15) is 19.5 Å². The van der Waals surface area contributed by atoms with Crippen LogP contribution < -0.4 is 5.32 Å². The lowest BCUT2D eigenvalue weighted by Gasteiger charge is -2.26. The fourth-order valence-electron chi connectivity index (χ4n) is 5.74. The maximum Gasteiger partial charge on any atom is 0.309 e. The summed E-state index contributed by atoms with van der Waals surface area (Å²) in [5, 5.41) is 13.8. The zero-order chi connectivity index (χ0) is 33.4. The van der Waals surface area contributed by atoms with Crippen molar-refractivity contribution in [2.75, 3.05) is 19.8 Å². The van der Waals surface area contributed by atoms with Crippen molar-refractivity contribution in [2.24, 2.45) is 11.8 Å². The molecule has 0 aliphatic heterocycles. The Morgan fingerprint density at radius 2 is 1.49 bits per heavy atom. The van der Waals surface area contributed by atoms with Crippen molar-refractivity contribution >= 4 is 28.7 Å². The first-order valence-electron chi connectivity index (χ1n) is 16.1. The quantitative estimate of drug-likeness (QED) is 0.0894. The summed E-state index contributed by atoms with van der Waals surface area (Å²) in [7, 11) is 0. The molecule has 8 nitrogen and oxygen atoms in total. The van der Waals surface area contributed by atoms with Crippen LogP contribution in [0, 0.1) is 11.8 Å². The average Bonchev–Trinajstić information content (AvgIpc) is 3.49. The number of hydrogen-bond donors (Lipinski definition) is 3. The molecule has 0 unspecified atom stereocenters. The number of carbonyl (C=O) groups is 3. The Kier molecular flexibility index (Phi) is 13.6. The summed E-state index contributed by atoms with van der Waals surface area (Å²) in [6, 6.07) is 26.6. The highest BCUT2D eigenvalue weighted by Crippen LogP contribution is 2.21. The first kappa shape index (κ1) is 34.9. The number of ether oxygens (including phenoxy) is 1. The molecule has 3 atom stereocenters. The molecule has 0 saturated carbocycles. The number of esters is 1. The van der Waals surface area contributed by atoms with Gasteiger partial charge in [0.1, 0.15) is 6.61 Å². The van der Waals surface area contributed by atoms with E-state index in [-0.39, 0.29) is 50.4 Å². The molecule has 0 bridgehead atoms. The van der Waals surface area contributed by atoms with Gasteiger partial charge >= 0.3 is 5.97 Å². The number of carbonyl (C=O) groups excluding carboxylic acids is 3. The number of benzene rings is 3. The van der Waals surface area contributed by atoms with Crippen molar-refractivity contribution in [3.8, 4) is 0 Å². The Morgan fingerprint density at radius 1 is 0.851 bits per heavy atom. The van der Waals surface area contributed by atoms with E-state index in [4.69, 9.17) is 4.74 Å². The molecule has 4 aromatic rings. The van der Waals surface area contributed by atoms with Gasteiger partial charge in [0.2, 0.25) is 11.8 Å². The van der Waals surface area contributed by atoms with Gasteiger partial charge in [-0.2, -0.15) is 0 Å². The number of hydrogen-bond acceptors (Lipinski definition) is 5. The predicted molar refractivity (Wildman–Crippen MR) is 185 cm³/mol. The van der Waals surface area contributed by atoms with Crippen molar-refractivity contribution in [1.82, 2.24) is 15.2 Å². The van der Waals surface area contributed by atoms with Gasteiger partial charge in [0.15, 0.2) is 0 Å².